The molecule has 1 aliphatic rings. The first-order chi connectivity index (χ1) is 6.58. The van der Waals surface area contributed by atoms with Crippen molar-refractivity contribution in [2.75, 3.05) is 26.7 Å². The van der Waals surface area contributed by atoms with Crippen molar-refractivity contribution in [3.8, 4) is 0 Å². The summed E-state index contributed by atoms with van der Waals surface area (Å²) < 4.78 is 0. The molecule has 1 fully saturated rings. The normalized spacial score (nSPS) is 27.1. The Balaban J connectivity index is 2.11. The van der Waals surface area contributed by atoms with Crippen LogP contribution in [0, 0.1) is 5.92 Å². The van der Waals surface area contributed by atoms with Gasteiger partial charge in [-0.3, -0.25) is 9.69 Å². The average Bonchev–Trinajstić information content (AvgIpc) is 2.47. The molecule has 1 heterocycles. The maximum absolute atomic E-state index is 10.4. The van der Waals surface area contributed by atoms with E-state index in [-0.39, 0.29) is 6.54 Å². The predicted molar refractivity (Wildman–Crippen MR) is 55.3 cm³/mol. The Morgan fingerprint density at radius 3 is 2.86 bits per heavy atom. The van der Waals surface area contributed by atoms with Crippen LogP contribution in [0.3, 0.4) is 0 Å². The minimum atomic E-state index is -0.750. The van der Waals surface area contributed by atoms with Crippen LogP contribution in [-0.2, 0) is 4.79 Å². The van der Waals surface area contributed by atoms with Crippen LogP contribution in [-0.4, -0.2) is 48.7 Å². The number of rotatable bonds is 5. The zero-order valence-electron chi connectivity index (χ0n) is 8.99. The van der Waals surface area contributed by atoms with Crippen LogP contribution in [0.15, 0.2) is 0 Å². The van der Waals surface area contributed by atoms with Gasteiger partial charge in [0, 0.05) is 6.04 Å². The summed E-state index contributed by atoms with van der Waals surface area (Å²) in [5, 5.41) is 12.0. The molecule has 0 bridgehead atoms. The van der Waals surface area contributed by atoms with E-state index in [1.807, 2.05) is 11.9 Å². The third-order valence-corrected chi connectivity index (χ3v) is 2.71. The molecule has 4 nitrogen and oxygen atoms in total. The molecule has 0 aromatic rings. The van der Waals surface area contributed by atoms with E-state index in [9.17, 15) is 4.79 Å². The Labute approximate surface area is 85.3 Å². The SMILES string of the molecule is CC1CNC(CCN(C)CC(=O)O)C1. The molecule has 0 radical (unpaired) electrons. The second-order valence-corrected chi connectivity index (χ2v) is 4.37. The molecule has 1 rings (SSSR count). The van der Waals surface area contributed by atoms with Crippen molar-refractivity contribution in [1.29, 1.82) is 0 Å². The molecule has 1 saturated heterocycles. The first-order valence-corrected chi connectivity index (χ1v) is 5.21. The highest BCUT2D eigenvalue weighted by molar-refractivity contribution is 5.68. The third kappa shape index (κ3) is 4.07. The standard InChI is InChI=1S/C10H20N2O2/c1-8-5-9(11-6-8)3-4-12(2)7-10(13)14/h8-9,11H,3-7H2,1-2H3,(H,13,14). The molecule has 2 unspecified atom stereocenters. The summed E-state index contributed by atoms with van der Waals surface area (Å²) >= 11 is 0. The van der Waals surface area contributed by atoms with Gasteiger partial charge in [0.05, 0.1) is 6.54 Å². The summed E-state index contributed by atoms with van der Waals surface area (Å²) in [7, 11) is 1.85. The number of carboxylic acids is 1. The zero-order chi connectivity index (χ0) is 10.6. The van der Waals surface area contributed by atoms with Gasteiger partial charge in [-0.05, 0) is 38.9 Å². The Morgan fingerprint density at radius 1 is 1.64 bits per heavy atom. The number of carboxylic acid groups (broad SMARTS) is 1. The zero-order valence-corrected chi connectivity index (χ0v) is 8.99. The molecule has 0 aromatic heterocycles. The Bertz CT molecular complexity index is 197. The number of carbonyl (C=O) groups is 1. The molecule has 0 spiro atoms. The van der Waals surface area contributed by atoms with Crippen molar-refractivity contribution in [1.82, 2.24) is 10.2 Å². The Hall–Kier alpha value is -0.610. The highest BCUT2D eigenvalue weighted by atomic mass is 16.4. The highest BCUT2D eigenvalue weighted by Crippen LogP contribution is 2.15. The molecule has 0 aliphatic carbocycles. The van der Waals surface area contributed by atoms with Crippen LogP contribution in [0.1, 0.15) is 19.8 Å². The lowest BCUT2D eigenvalue weighted by molar-refractivity contribution is -0.138. The summed E-state index contributed by atoms with van der Waals surface area (Å²) in [5.74, 6) is 0.0185. The van der Waals surface area contributed by atoms with Gasteiger partial charge in [0.15, 0.2) is 0 Å². The maximum atomic E-state index is 10.4. The van der Waals surface area contributed by atoms with Crippen LogP contribution in [0.5, 0.6) is 0 Å². The molecular formula is C10H20N2O2. The predicted octanol–water partition coefficient (Wildman–Crippen LogP) is 0.391. The first-order valence-electron chi connectivity index (χ1n) is 5.21. The molecule has 0 saturated carbocycles. The highest BCUT2D eigenvalue weighted by Gasteiger charge is 2.20. The second kappa shape index (κ2) is 5.32. The van der Waals surface area contributed by atoms with Gasteiger partial charge in [0.25, 0.3) is 0 Å². The van der Waals surface area contributed by atoms with Crippen molar-refractivity contribution in [3.63, 3.8) is 0 Å². The number of nitrogens with zero attached hydrogens (tertiary/aromatic N) is 1. The van der Waals surface area contributed by atoms with Crippen LogP contribution in [0.4, 0.5) is 0 Å². The van der Waals surface area contributed by atoms with Gasteiger partial charge >= 0.3 is 5.97 Å². The third-order valence-electron chi connectivity index (χ3n) is 2.71. The lowest BCUT2D eigenvalue weighted by atomic mass is 10.1. The topological polar surface area (TPSA) is 52.6 Å². The molecule has 2 N–H and O–H groups in total. The van der Waals surface area contributed by atoms with E-state index in [4.69, 9.17) is 5.11 Å². The van der Waals surface area contributed by atoms with E-state index in [2.05, 4.69) is 12.2 Å². The number of aliphatic carboxylic acids is 1. The van der Waals surface area contributed by atoms with Crippen molar-refractivity contribution in [3.05, 3.63) is 0 Å². The van der Waals surface area contributed by atoms with Gasteiger partial charge in [0.2, 0.25) is 0 Å². The van der Waals surface area contributed by atoms with Gasteiger partial charge < -0.3 is 10.4 Å². The maximum Gasteiger partial charge on any atom is 0.317 e. The van der Waals surface area contributed by atoms with Crippen LogP contribution in [0.25, 0.3) is 0 Å². The van der Waals surface area contributed by atoms with Crippen molar-refractivity contribution < 1.29 is 9.90 Å². The van der Waals surface area contributed by atoms with Crippen LogP contribution >= 0.6 is 0 Å². The average molecular weight is 200 g/mol. The van der Waals surface area contributed by atoms with Crippen molar-refractivity contribution in [2.24, 2.45) is 5.92 Å². The molecule has 1 aliphatic heterocycles. The quantitative estimate of drug-likeness (QED) is 0.674. The number of likely N-dealkylation sites (N-methyl/N-ethyl adjacent to an activating group) is 1. The van der Waals surface area contributed by atoms with E-state index >= 15 is 0 Å². The fourth-order valence-electron chi connectivity index (χ4n) is 1.93. The number of hydrogen-bond acceptors (Lipinski definition) is 3. The van der Waals surface area contributed by atoms with E-state index in [0.717, 1.165) is 25.4 Å². The smallest absolute Gasteiger partial charge is 0.317 e. The number of nitrogens with one attached hydrogen (secondary N) is 1. The fraction of sp³-hybridized carbons (Fsp3) is 0.900. The van der Waals surface area contributed by atoms with Crippen molar-refractivity contribution in [2.45, 2.75) is 25.8 Å². The van der Waals surface area contributed by atoms with Crippen LogP contribution < -0.4 is 5.32 Å². The summed E-state index contributed by atoms with van der Waals surface area (Å²) in [6.07, 6.45) is 2.27. The number of hydrogen-bond donors (Lipinski definition) is 2. The molecule has 0 amide bonds. The molecule has 4 heteroatoms. The molecule has 0 aromatic carbocycles. The lowest BCUT2D eigenvalue weighted by Gasteiger charge is -2.17. The minimum absolute atomic E-state index is 0.141. The fourth-order valence-corrected chi connectivity index (χ4v) is 1.93. The Kier molecular flexibility index (Phi) is 4.35. The van der Waals surface area contributed by atoms with E-state index in [1.165, 1.54) is 6.42 Å². The summed E-state index contributed by atoms with van der Waals surface area (Å²) in [4.78, 5) is 12.3. The van der Waals surface area contributed by atoms with Gasteiger partial charge in [-0.25, -0.2) is 0 Å². The molecule has 14 heavy (non-hydrogen) atoms. The Morgan fingerprint density at radius 2 is 2.36 bits per heavy atom. The summed E-state index contributed by atoms with van der Waals surface area (Å²) in [6.45, 7) is 4.35. The minimum Gasteiger partial charge on any atom is -0.480 e. The van der Waals surface area contributed by atoms with Crippen LogP contribution in [0.2, 0.25) is 0 Å². The van der Waals surface area contributed by atoms with Crippen molar-refractivity contribution >= 4 is 5.97 Å². The van der Waals surface area contributed by atoms with E-state index in [0.29, 0.717) is 6.04 Å². The van der Waals surface area contributed by atoms with E-state index < -0.39 is 5.97 Å². The van der Waals surface area contributed by atoms with E-state index in [1.54, 1.807) is 0 Å². The lowest BCUT2D eigenvalue weighted by Crippen LogP contribution is -2.31. The first kappa shape index (κ1) is 11.5. The van der Waals surface area contributed by atoms with Gasteiger partial charge in [-0.1, -0.05) is 6.92 Å². The summed E-state index contributed by atoms with van der Waals surface area (Å²) in [6, 6.07) is 0.584. The monoisotopic (exact) mass is 200 g/mol. The largest absolute Gasteiger partial charge is 0.480 e. The summed E-state index contributed by atoms with van der Waals surface area (Å²) in [5.41, 5.74) is 0. The molecule has 2 atom stereocenters. The molecular weight excluding hydrogens is 180 g/mol. The van der Waals surface area contributed by atoms with Gasteiger partial charge in [-0.2, -0.15) is 0 Å². The molecule has 82 valence electrons. The van der Waals surface area contributed by atoms with Gasteiger partial charge in [0.1, 0.15) is 0 Å². The second-order valence-electron chi connectivity index (χ2n) is 4.37. The van der Waals surface area contributed by atoms with Gasteiger partial charge in [-0.15, -0.1) is 0 Å².